The second-order valence-electron chi connectivity index (χ2n) is 6.12. The number of nitrogens with one attached hydrogen (secondary N) is 1. The van der Waals surface area contributed by atoms with Crippen LogP contribution in [-0.4, -0.2) is 32.1 Å². The largest absolute Gasteiger partial charge is 0.350 e. The van der Waals surface area contributed by atoms with Crippen LogP contribution in [0.1, 0.15) is 30.9 Å². The Morgan fingerprint density at radius 2 is 1.80 bits per heavy atom. The molecule has 25 heavy (non-hydrogen) atoms. The number of para-hydroxylation sites is 1. The summed E-state index contributed by atoms with van der Waals surface area (Å²) in [6.45, 7) is 4.05. The predicted octanol–water partition coefficient (Wildman–Crippen LogP) is 2.29. The minimum Gasteiger partial charge on any atom is -0.350 e. The number of hydrogen-bond acceptors (Lipinski definition) is 4. The average molecular weight is 361 g/mol. The highest BCUT2D eigenvalue weighted by molar-refractivity contribution is 7.92. The van der Waals surface area contributed by atoms with E-state index in [9.17, 15) is 13.2 Å². The number of carbonyl (C=O) groups is 1. The maximum absolute atomic E-state index is 12.3. The lowest BCUT2D eigenvalue weighted by Gasteiger charge is -2.25. The molecule has 0 aliphatic carbocycles. The van der Waals surface area contributed by atoms with E-state index in [2.05, 4.69) is 10.3 Å². The summed E-state index contributed by atoms with van der Waals surface area (Å²) in [6, 6.07) is 10.8. The van der Waals surface area contributed by atoms with Gasteiger partial charge in [-0.1, -0.05) is 32.0 Å². The molecular weight excluding hydrogens is 338 g/mol. The number of pyridine rings is 1. The SMILES string of the molecule is CC(C)c1ccccc1N(CC(=O)NCc1ccncc1)S(C)(=O)=O. The first-order valence-corrected chi connectivity index (χ1v) is 9.86. The van der Waals surface area contributed by atoms with Crippen molar-refractivity contribution in [2.75, 3.05) is 17.1 Å². The molecule has 134 valence electrons. The van der Waals surface area contributed by atoms with Gasteiger partial charge in [-0.15, -0.1) is 0 Å². The highest BCUT2D eigenvalue weighted by Crippen LogP contribution is 2.28. The highest BCUT2D eigenvalue weighted by atomic mass is 32.2. The molecule has 0 aliphatic rings. The second kappa shape index (κ2) is 8.11. The van der Waals surface area contributed by atoms with Gasteiger partial charge in [-0.2, -0.15) is 0 Å². The Labute approximate surface area is 148 Å². The van der Waals surface area contributed by atoms with Gasteiger partial charge in [-0.3, -0.25) is 14.1 Å². The normalized spacial score (nSPS) is 11.4. The van der Waals surface area contributed by atoms with Crippen LogP contribution in [0.5, 0.6) is 0 Å². The van der Waals surface area contributed by atoms with Gasteiger partial charge in [0.05, 0.1) is 11.9 Å². The number of carbonyl (C=O) groups excluding carboxylic acids is 1. The van der Waals surface area contributed by atoms with E-state index in [1.807, 2.05) is 26.0 Å². The fraction of sp³-hybridized carbons (Fsp3) is 0.333. The van der Waals surface area contributed by atoms with Crippen LogP contribution < -0.4 is 9.62 Å². The third kappa shape index (κ3) is 5.29. The monoisotopic (exact) mass is 361 g/mol. The lowest BCUT2D eigenvalue weighted by molar-refractivity contribution is -0.119. The summed E-state index contributed by atoms with van der Waals surface area (Å²) in [5.41, 5.74) is 2.32. The maximum atomic E-state index is 12.3. The van der Waals surface area contributed by atoms with Crippen LogP contribution in [-0.2, 0) is 21.4 Å². The van der Waals surface area contributed by atoms with Gasteiger partial charge in [-0.05, 0) is 35.2 Å². The zero-order valence-corrected chi connectivity index (χ0v) is 15.5. The Balaban J connectivity index is 2.18. The summed E-state index contributed by atoms with van der Waals surface area (Å²) in [5, 5.41) is 2.75. The molecule has 0 aliphatic heterocycles. The van der Waals surface area contributed by atoms with Crippen molar-refractivity contribution in [3.8, 4) is 0 Å². The van der Waals surface area contributed by atoms with Crippen molar-refractivity contribution in [2.24, 2.45) is 0 Å². The quantitative estimate of drug-likeness (QED) is 0.821. The second-order valence-corrected chi connectivity index (χ2v) is 8.02. The van der Waals surface area contributed by atoms with Gasteiger partial charge in [0.25, 0.3) is 0 Å². The van der Waals surface area contributed by atoms with Crippen molar-refractivity contribution in [2.45, 2.75) is 26.3 Å². The molecule has 2 rings (SSSR count). The van der Waals surface area contributed by atoms with Crippen molar-refractivity contribution in [3.63, 3.8) is 0 Å². The zero-order valence-electron chi connectivity index (χ0n) is 14.6. The predicted molar refractivity (Wildman–Crippen MR) is 98.8 cm³/mol. The standard InChI is InChI=1S/C18H23N3O3S/c1-14(2)16-6-4-5-7-17(16)21(25(3,23)24)13-18(22)20-12-15-8-10-19-11-9-15/h4-11,14H,12-13H2,1-3H3,(H,20,22). The van der Waals surface area contributed by atoms with Gasteiger partial charge in [0.1, 0.15) is 6.54 Å². The lowest BCUT2D eigenvalue weighted by atomic mass is 10.0. The van der Waals surface area contributed by atoms with E-state index < -0.39 is 10.0 Å². The molecule has 0 unspecified atom stereocenters. The first-order chi connectivity index (χ1) is 11.8. The van der Waals surface area contributed by atoms with Gasteiger partial charge in [0, 0.05) is 18.9 Å². The van der Waals surface area contributed by atoms with E-state index in [1.165, 1.54) is 0 Å². The maximum Gasteiger partial charge on any atom is 0.241 e. The van der Waals surface area contributed by atoms with Crippen molar-refractivity contribution in [3.05, 3.63) is 59.9 Å². The molecule has 1 N–H and O–H groups in total. The molecule has 0 bridgehead atoms. The van der Waals surface area contributed by atoms with E-state index in [0.717, 1.165) is 21.7 Å². The smallest absolute Gasteiger partial charge is 0.241 e. The molecule has 6 nitrogen and oxygen atoms in total. The summed E-state index contributed by atoms with van der Waals surface area (Å²) < 4.78 is 25.7. The summed E-state index contributed by atoms with van der Waals surface area (Å²) >= 11 is 0. The molecule has 0 atom stereocenters. The Hall–Kier alpha value is -2.41. The van der Waals surface area contributed by atoms with E-state index in [1.54, 1.807) is 36.7 Å². The fourth-order valence-electron chi connectivity index (χ4n) is 2.47. The fourth-order valence-corrected chi connectivity index (χ4v) is 3.35. The molecule has 1 amide bonds. The Morgan fingerprint density at radius 3 is 2.40 bits per heavy atom. The third-order valence-corrected chi connectivity index (χ3v) is 4.88. The summed E-state index contributed by atoms with van der Waals surface area (Å²) in [7, 11) is -3.59. The van der Waals surface area contributed by atoms with Crippen LogP contribution in [0.15, 0.2) is 48.8 Å². The number of amides is 1. The summed E-state index contributed by atoms with van der Waals surface area (Å²) in [4.78, 5) is 16.2. The summed E-state index contributed by atoms with van der Waals surface area (Å²) in [6.07, 6.45) is 4.40. The third-order valence-electron chi connectivity index (χ3n) is 3.75. The molecule has 0 saturated heterocycles. The first kappa shape index (κ1) is 18.9. The van der Waals surface area contributed by atoms with Crippen LogP contribution in [0.25, 0.3) is 0 Å². The molecule has 0 saturated carbocycles. The van der Waals surface area contributed by atoms with Gasteiger partial charge >= 0.3 is 0 Å². The van der Waals surface area contributed by atoms with Crippen molar-refractivity contribution >= 4 is 21.6 Å². The van der Waals surface area contributed by atoms with Gasteiger partial charge in [0.15, 0.2) is 0 Å². The van der Waals surface area contributed by atoms with Crippen LogP contribution in [0.4, 0.5) is 5.69 Å². The number of benzene rings is 1. The number of sulfonamides is 1. The van der Waals surface area contributed by atoms with Gasteiger partial charge in [0.2, 0.25) is 15.9 Å². The topological polar surface area (TPSA) is 79.4 Å². The highest BCUT2D eigenvalue weighted by Gasteiger charge is 2.23. The van der Waals surface area contributed by atoms with E-state index in [4.69, 9.17) is 0 Å². The van der Waals surface area contributed by atoms with Crippen molar-refractivity contribution < 1.29 is 13.2 Å². The number of aromatic nitrogens is 1. The average Bonchev–Trinajstić information content (AvgIpc) is 2.57. The molecule has 0 fully saturated rings. The molecule has 0 spiro atoms. The van der Waals surface area contributed by atoms with Gasteiger partial charge < -0.3 is 5.32 Å². The minimum atomic E-state index is -3.59. The van der Waals surface area contributed by atoms with E-state index >= 15 is 0 Å². The number of hydrogen-bond donors (Lipinski definition) is 1. The van der Waals surface area contributed by atoms with Crippen LogP contribution in [0.2, 0.25) is 0 Å². The summed E-state index contributed by atoms with van der Waals surface area (Å²) in [5.74, 6) is -0.221. The lowest BCUT2D eigenvalue weighted by Crippen LogP contribution is -2.40. The van der Waals surface area contributed by atoms with E-state index in [0.29, 0.717) is 12.2 Å². The Morgan fingerprint density at radius 1 is 1.16 bits per heavy atom. The molecule has 1 aromatic heterocycles. The Kier molecular flexibility index (Phi) is 6.14. The zero-order chi connectivity index (χ0) is 18.4. The van der Waals surface area contributed by atoms with Crippen molar-refractivity contribution in [1.82, 2.24) is 10.3 Å². The van der Waals surface area contributed by atoms with Gasteiger partial charge in [-0.25, -0.2) is 8.42 Å². The molecule has 2 aromatic rings. The molecule has 1 heterocycles. The van der Waals surface area contributed by atoms with Crippen LogP contribution >= 0.6 is 0 Å². The van der Waals surface area contributed by atoms with Crippen LogP contribution in [0.3, 0.4) is 0 Å². The Bertz CT molecular complexity index is 820. The molecule has 0 radical (unpaired) electrons. The molecule has 1 aromatic carbocycles. The van der Waals surface area contributed by atoms with E-state index in [-0.39, 0.29) is 18.4 Å². The van der Waals surface area contributed by atoms with Crippen molar-refractivity contribution in [1.29, 1.82) is 0 Å². The number of nitrogens with zero attached hydrogens (tertiary/aromatic N) is 2. The van der Waals surface area contributed by atoms with Crippen LogP contribution in [0, 0.1) is 0 Å². The minimum absolute atomic E-state index is 0.139. The molecular formula is C18H23N3O3S. The number of anilines is 1. The molecule has 7 heteroatoms. The number of rotatable bonds is 7. The first-order valence-electron chi connectivity index (χ1n) is 8.01.